The van der Waals surface area contributed by atoms with E-state index in [2.05, 4.69) is 0 Å². The third-order valence-corrected chi connectivity index (χ3v) is 4.52. The molecule has 7 heteroatoms. The van der Waals surface area contributed by atoms with E-state index < -0.39 is 6.10 Å². The van der Waals surface area contributed by atoms with E-state index in [0.29, 0.717) is 23.0 Å². The predicted molar refractivity (Wildman–Crippen MR) is 73.8 cm³/mol. The number of anilines is 1. The van der Waals surface area contributed by atoms with Gasteiger partial charge in [-0.1, -0.05) is 0 Å². The van der Waals surface area contributed by atoms with E-state index in [9.17, 15) is 15.2 Å². The van der Waals surface area contributed by atoms with E-state index in [4.69, 9.17) is 4.74 Å². The second-order valence-electron chi connectivity index (χ2n) is 4.92. The van der Waals surface area contributed by atoms with Crippen molar-refractivity contribution in [2.75, 3.05) is 18.1 Å². The third kappa shape index (κ3) is 2.88. The van der Waals surface area contributed by atoms with Gasteiger partial charge in [0.15, 0.2) is 5.00 Å². The van der Waals surface area contributed by atoms with E-state index in [0.717, 1.165) is 0 Å². The fraction of sp³-hybridized carbons (Fsp3) is 0.667. The van der Waals surface area contributed by atoms with Crippen LogP contribution < -0.4 is 4.90 Å². The molecule has 0 aromatic carbocycles. The number of ether oxygens (including phenoxy) is 1. The van der Waals surface area contributed by atoms with Gasteiger partial charge in [-0.3, -0.25) is 10.1 Å². The van der Waals surface area contributed by atoms with Crippen LogP contribution in [0, 0.1) is 10.1 Å². The molecule has 0 amide bonds. The van der Waals surface area contributed by atoms with Gasteiger partial charge < -0.3 is 14.7 Å². The summed E-state index contributed by atoms with van der Waals surface area (Å²) < 4.78 is 5.54. The van der Waals surface area contributed by atoms with Crippen molar-refractivity contribution in [1.82, 2.24) is 0 Å². The van der Waals surface area contributed by atoms with Gasteiger partial charge in [-0.05, 0) is 20.8 Å². The molecule has 0 spiro atoms. The Kier molecular flexibility index (Phi) is 4.07. The van der Waals surface area contributed by atoms with Gasteiger partial charge in [0.25, 0.3) is 0 Å². The first kappa shape index (κ1) is 14.2. The van der Waals surface area contributed by atoms with E-state index in [1.165, 1.54) is 17.4 Å². The molecule has 1 N–H and O–H groups in total. The molecule has 2 rings (SSSR count). The Morgan fingerprint density at radius 2 is 2.32 bits per heavy atom. The van der Waals surface area contributed by atoms with Gasteiger partial charge in [-0.15, -0.1) is 11.3 Å². The second-order valence-corrected chi connectivity index (χ2v) is 5.98. The van der Waals surface area contributed by atoms with Crippen LogP contribution in [0.4, 0.5) is 10.7 Å². The lowest BCUT2D eigenvalue weighted by molar-refractivity contribution is -0.383. The molecule has 1 fully saturated rings. The molecule has 2 heterocycles. The molecule has 2 unspecified atom stereocenters. The van der Waals surface area contributed by atoms with Crippen LogP contribution >= 0.6 is 11.3 Å². The largest absolute Gasteiger partial charge is 0.388 e. The number of thiophene rings is 1. The van der Waals surface area contributed by atoms with Crippen molar-refractivity contribution < 1.29 is 14.8 Å². The van der Waals surface area contributed by atoms with Crippen molar-refractivity contribution in [3.05, 3.63) is 21.1 Å². The van der Waals surface area contributed by atoms with Gasteiger partial charge in [0.05, 0.1) is 29.8 Å². The molecule has 0 aliphatic carbocycles. The Labute approximate surface area is 115 Å². The number of hydrogen-bond acceptors (Lipinski definition) is 6. The standard InChI is InChI=1S/C12H18N2O4S/c1-7-6-18-8(2)5-13(7)12-10(14(16)17)4-11(19-12)9(3)15/h4,7-9,15H,5-6H2,1-3H3/t7?,8?,9-/m0/s1. The quantitative estimate of drug-likeness (QED) is 0.681. The highest BCUT2D eigenvalue weighted by molar-refractivity contribution is 7.16. The number of rotatable bonds is 3. The highest BCUT2D eigenvalue weighted by Gasteiger charge is 2.31. The van der Waals surface area contributed by atoms with Crippen molar-refractivity contribution in [2.24, 2.45) is 0 Å². The maximum absolute atomic E-state index is 11.2. The summed E-state index contributed by atoms with van der Waals surface area (Å²) in [6.45, 7) is 6.73. The summed E-state index contributed by atoms with van der Waals surface area (Å²) >= 11 is 1.29. The Hall–Kier alpha value is -1.18. The van der Waals surface area contributed by atoms with Crippen LogP contribution in [0.2, 0.25) is 0 Å². The molecule has 0 radical (unpaired) electrons. The average Bonchev–Trinajstić information content (AvgIpc) is 2.77. The van der Waals surface area contributed by atoms with Crippen LogP contribution in [0.3, 0.4) is 0 Å². The SMILES string of the molecule is CC1CN(c2sc([C@H](C)O)cc2[N+](=O)[O-])C(C)CO1. The van der Waals surface area contributed by atoms with Crippen LogP contribution in [0.25, 0.3) is 0 Å². The molecule has 0 bridgehead atoms. The van der Waals surface area contributed by atoms with Gasteiger partial charge in [0.2, 0.25) is 0 Å². The normalized spacial score (nSPS) is 25.4. The van der Waals surface area contributed by atoms with Crippen molar-refractivity contribution in [3.8, 4) is 0 Å². The van der Waals surface area contributed by atoms with Gasteiger partial charge >= 0.3 is 5.69 Å². The molecule has 1 aliphatic rings. The zero-order chi connectivity index (χ0) is 14.2. The molecule has 6 nitrogen and oxygen atoms in total. The average molecular weight is 286 g/mol. The molecule has 19 heavy (non-hydrogen) atoms. The number of nitrogens with zero attached hydrogens (tertiary/aromatic N) is 2. The van der Waals surface area contributed by atoms with Gasteiger partial charge in [-0.2, -0.15) is 0 Å². The topological polar surface area (TPSA) is 75.8 Å². The molecular weight excluding hydrogens is 268 g/mol. The first-order chi connectivity index (χ1) is 8.90. The molecule has 1 saturated heterocycles. The number of aliphatic hydroxyl groups is 1. The lowest BCUT2D eigenvalue weighted by atomic mass is 10.2. The molecule has 0 saturated carbocycles. The van der Waals surface area contributed by atoms with Crippen molar-refractivity contribution in [1.29, 1.82) is 0 Å². The molecule has 106 valence electrons. The zero-order valence-electron chi connectivity index (χ0n) is 11.2. The molecule has 1 aliphatic heterocycles. The van der Waals surface area contributed by atoms with Gasteiger partial charge in [-0.25, -0.2) is 0 Å². The number of morpholine rings is 1. The summed E-state index contributed by atoms with van der Waals surface area (Å²) in [5, 5.41) is 21.4. The van der Waals surface area contributed by atoms with Gasteiger partial charge in [0.1, 0.15) is 0 Å². The maximum atomic E-state index is 11.2. The van der Waals surface area contributed by atoms with Gasteiger partial charge in [0, 0.05) is 17.5 Å². The highest BCUT2D eigenvalue weighted by atomic mass is 32.1. The summed E-state index contributed by atoms with van der Waals surface area (Å²) in [5.74, 6) is 0. The molecule has 3 atom stereocenters. The third-order valence-electron chi connectivity index (χ3n) is 3.19. The Morgan fingerprint density at radius 3 is 2.89 bits per heavy atom. The van der Waals surface area contributed by atoms with Crippen LogP contribution in [-0.2, 0) is 4.74 Å². The summed E-state index contributed by atoms with van der Waals surface area (Å²) in [7, 11) is 0. The number of nitro groups is 1. The van der Waals surface area contributed by atoms with E-state index >= 15 is 0 Å². The zero-order valence-corrected chi connectivity index (χ0v) is 12.0. The molecule has 1 aromatic rings. The monoisotopic (exact) mass is 286 g/mol. The highest BCUT2D eigenvalue weighted by Crippen LogP contribution is 2.41. The second kappa shape index (κ2) is 5.44. The summed E-state index contributed by atoms with van der Waals surface area (Å²) in [6.07, 6.45) is -0.640. The summed E-state index contributed by atoms with van der Waals surface area (Å²) in [4.78, 5) is 13.4. The predicted octanol–water partition coefficient (Wildman–Crippen LogP) is 2.32. The first-order valence-electron chi connectivity index (χ1n) is 6.24. The first-order valence-corrected chi connectivity index (χ1v) is 7.06. The Balaban J connectivity index is 2.39. The van der Waals surface area contributed by atoms with Crippen molar-refractivity contribution in [2.45, 2.75) is 39.0 Å². The minimum absolute atomic E-state index is 0.0490. The molecule has 1 aromatic heterocycles. The number of hydrogen-bond donors (Lipinski definition) is 1. The van der Waals surface area contributed by atoms with E-state index in [1.54, 1.807) is 6.92 Å². The van der Waals surface area contributed by atoms with Crippen molar-refractivity contribution in [3.63, 3.8) is 0 Å². The van der Waals surface area contributed by atoms with E-state index in [-0.39, 0.29) is 22.8 Å². The number of aliphatic hydroxyl groups excluding tert-OH is 1. The minimum Gasteiger partial charge on any atom is -0.388 e. The van der Waals surface area contributed by atoms with Crippen molar-refractivity contribution >= 4 is 22.0 Å². The van der Waals surface area contributed by atoms with E-state index in [1.807, 2.05) is 18.7 Å². The lowest BCUT2D eigenvalue weighted by Gasteiger charge is -2.37. The van der Waals surface area contributed by atoms with Crippen LogP contribution in [0.1, 0.15) is 31.8 Å². The Bertz CT molecular complexity index is 474. The van der Waals surface area contributed by atoms with Crippen LogP contribution in [0.15, 0.2) is 6.07 Å². The minimum atomic E-state index is -0.689. The van der Waals surface area contributed by atoms with Crippen LogP contribution in [0.5, 0.6) is 0 Å². The fourth-order valence-corrected chi connectivity index (χ4v) is 3.29. The summed E-state index contributed by atoms with van der Waals surface area (Å²) in [5.41, 5.74) is 0.0712. The summed E-state index contributed by atoms with van der Waals surface area (Å²) in [6, 6.07) is 1.56. The fourth-order valence-electron chi connectivity index (χ4n) is 2.12. The smallest absolute Gasteiger partial charge is 0.304 e. The Morgan fingerprint density at radius 1 is 1.63 bits per heavy atom. The molecular formula is C12H18N2O4S. The van der Waals surface area contributed by atoms with Crippen LogP contribution in [-0.4, -0.2) is 35.3 Å². The lowest BCUT2D eigenvalue weighted by Crippen LogP contribution is -2.47. The maximum Gasteiger partial charge on any atom is 0.304 e.